The molecule has 0 radical (unpaired) electrons. The van der Waals surface area contributed by atoms with Gasteiger partial charge in [-0.2, -0.15) is 5.10 Å². The maximum absolute atomic E-state index is 12.7. The molecule has 0 unspecified atom stereocenters. The van der Waals surface area contributed by atoms with Crippen LogP contribution in [-0.2, 0) is 9.53 Å². The summed E-state index contributed by atoms with van der Waals surface area (Å²) in [5.74, 6) is -0.911. The highest BCUT2D eigenvalue weighted by Gasteiger charge is 2.21. The summed E-state index contributed by atoms with van der Waals surface area (Å²) in [6, 6.07) is 22.9. The maximum Gasteiger partial charge on any atom is 0.342 e. The molecule has 9 nitrogen and oxygen atoms in total. The van der Waals surface area contributed by atoms with Crippen LogP contribution >= 0.6 is 0 Å². The van der Waals surface area contributed by atoms with Gasteiger partial charge in [0.25, 0.3) is 11.8 Å². The summed E-state index contributed by atoms with van der Waals surface area (Å²) in [7, 11) is 1.53. The molecule has 0 saturated heterocycles. The van der Waals surface area contributed by atoms with Gasteiger partial charge in [0.15, 0.2) is 6.61 Å². The molecular weight excluding hydrogens is 472 g/mol. The minimum atomic E-state index is -0.629. The van der Waals surface area contributed by atoms with Crippen molar-refractivity contribution in [3.8, 4) is 11.4 Å². The number of methoxy groups -OCH3 is 1. The fourth-order valence-electron chi connectivity index (χ4n) is 3.81. The van der Waals surface area contributed by atoms with Crippen molar-refractivity contribution >= 4 is 29.2 Å². The zero-order valence-corrected chi connectivity index (χ0v) is 20.6. The summed E-state index contributed by atoms with van der Waals surface area (Å²) in [6.45, 7) is 3.02. The number of amides is 2. The van der Waals surface area contributed by atoms with Gasteiger partial charge in [0.1, 0.15) is 11.3 Å². The van der Waals surface area contributed by atoms with Crippen molar-refractivity contribution in [3.63, 3.8) is 0 Å². The van der Waals surface area contributed by atoms with Crippen LogP contribution < -0.4 is 15.4 Å². The first-order chi connectivity index (χ1) is 17.9. The van der Waals surface area contributed by atoms with E-state index in [-0.39, 0.29) is 5.91 Å². The number of benzene rings is 3. The Morgan fingerprint density at radius 2 is 1.54 bits per heavy atom. The zero-order chi connectivity index (χ0) is 26.4. The standard InChI is InChI=1S/C28H26N4O5/c1-18-26(19(2)32(31-18)22-9-5-4-6-10-22)28(35)37-17-25(33)29-21-15-13-20(14-16-21)27(34)30-23-11-7-8-12-24(23)36-3/h4-16H,17H2,1-3H3,(H,29,33)(H,30,34). The van der Waals surface area contributed by atoms with Crippen LogP contribution in [0, 0.1) is 13.8 Å². The van der Waals surface area contributed by atoms with Crippen molar-refractivity contribution in [2.75, 3.05) is 24.4 Å². The Kier molecular flexibility index (Phi) is 7.63. The Morgan fingerprint density at radius 1 is 0.865 bits per heavy atom. The molecule has 2 amide bonds. The number of ether oxygens (including phenoxy) is 2. The van der Waals surface area contributed by atoms with Gasteiger partial charge in [-0.3, -0.25) is 9.59 Å². The van der Waals surface area contributed by atoms with Gasteiger partial charge in [0, 0.05) is 11.3 Å². The van der Waals surface area contributed by atoms with E-state index in [1.807, 2.05) is 36.4 Å². The summed E-state index contributed by atoms with van der Waals surface area (Å²) >= 11 is 0. The number of anilines is 2. The van der Waals surface area contributed by atoms with Crippen LogP contribution in [-0.4, -0.2) is 41.3 Å². The van der Waals surface area contributed by atoms with Gasteiger partial charge >= 0.3 is 5.97 Å². The van der Waals surface area contributed by atoms with Crippen LogP contribution in [0.3, 0.4) is 0 Å². The predicted molar refractivity (Wildman–Crippen MR) is 139 cm³/mol. The molecule has 0 saturated carbocycles. The quantitative estimate of drug-likeness (QED) is 0.345. The first-order valence-corrected chi connectivity index (χ1v) is 11.5. The van der Waals surface area contributed by atoms with Crippen molar-refractivity contribution in [1.29, 1.82) is 0 Å². The molecule has 3 aromatic carbocycles. The van der Waals surface area contributed by atoms with Gasteiger partial charge in [0.05, 0.1) is 29.9 Å². The smallest absolute Gasteiger partial charge is 0.342 e. The summed E-state index contributed by atoms with van der Waals surface area (Å²) in [5, 5.41) is 9.88. The molecule has 2 N–H and O–H groups in total. The van der Waals surface area contributed by atoms with Crippen molar-refractivity contribution in [3.05, 3.63) is 101 Å². The Bertz CT molecular complexity index is 1430. The number of hydrogen-bond donors (Lipinski definition) is 2. The molecule has 188 valence electrons. The molecule has 0 aliphatic rings. The molecule has 0 aliphatic carbocycles. The highest BCUT2D eigenvalue weighted by molar-refractivity contribution is 6.05. The second-order valence-corrected chi connectivity index (χ2v) is 8.15. The van der Waals surface area contributed by atoms with Crippen molar-refractivity contribution in [2.45, 2.75) is 13.8 Å². The van der Waals surface area contributed by atoms with Crippen LogP contribution in [0.25, 0.3) is 5.69 Å². The summed E-state index contributed by atoms with van der Waals surface area (Å²) in [5.41, 5.74) is 3.68. The molecule has 0 fully saturated rings. The van der Waals surface area contributed by atoms with Gasteiger partial charge in [0.2, 0.25) is 0 Å². The average Bonchev–Trinajstić information content (AvgIpc) is 3.22. The largest absolute Gasteiger partial charge is 0.495 e. The molecule has 0 bridgehead atoms. The van der Waals surface area contributed by atoms with E-state index in [0.29, 0.717) is 39.6 Å². The Labute approximate surface area is 214 Å². The third-order valence-corrected chi connectivity index (χ3v) is 5.62. The van der Waals surface area contributed by atoms with Gasteiger partial charge in [-0.25, -0.2) is 9.48 Å². The minimum Gasteiger partial charge on any atom is -0.495 e. The first kappa shape index (κ1) is 25.2. The monoisotopic (exact) mass is 498 g/mol. The molecule has 0 atom stereocenters. The van der Waals surface area contributed by atoms with E-state index in [0.717, 1.165) is 5.69 Å². The topological polar surface area (TPSA) is 112 Å². The number of aryl methyl sites for hydroxylation is 1. The van der Waals surface area contributed by atoms with Gasteiger partial charge < -0.3 is 20.1 Å². The van der Waals surface area contributed by atoms with Gasteiger partial charge in [-0.1, -0.05) is 30.3 Å². The van der Waals surface area contributed by atoms with Gasteiger partial charge in [-0.05, 0) is 62.4 Å². The Hall–Kier alpha value is -4.92. The fourth-order valence-corrected chi connectivity index (χ4v) is 3.81. The Balaban J connectivity index is 1.33. The molecule has 0 aliphatic heterocycles. The molecule has 4 aromatic rings. The summed E-state index contributed by atoms with van der Waals surface area (Å²) in [6.07, 6.45) is 0. The van der Waals surface area contributed by atoms with Crippen molar-refractivity contribution in [1.82, 2.24) is 9.78 Å². The normalized spacial score (nSPS) is 10.5. The number of nitrogens with one attached hydrogen (secondary N) is 2. The highest BCUT2D eigenvalue weighted by atomic mass is 16.5. The summed E-state index contributed by atoms with van der Waals surface area (Å²) in [4.78, 5) is 37.6. The molecule has 1 aromatic heterocycles. The van der Waals surface area contributed by atoms with E-state index < -0.39 is 18.5 Å². The van der Waals surface area contributed by atoms with Crippen molar-refractivity contribution in [2.24, 2.45) is 0 Å². The molecule has 37 heavy (non-hydrogen) atoms. The van der Waals surface area contributed by atoms with E-state index in [2.05, 4.69) is 15.7 Å². The number of carbonyl (C=O) groups is 3. The third-order valence-electron chi connectivity index (χ3n) is 5.62. The number of rotatable bonds is 8. The number of carbonyl (C=O) groups excluding carboxylic acids is 3. The lowest BCUT2D eigenvalue weighted by molar-refractivity contribution is -0.119. The number of hydrogen-bond acceptors (Lipinski definition) is 6. The molecule has 1 heterocycles. The lowest BCUT2D eigenvalue weighted by atomic mass is 10.2. The molecular formula is C28H26N4O5. The second kappa shape index (κ2) is 11.2. The van der Waals surface area contributed by atoms with E-state index in [1.54, 1.807) is 61.0 Å². The van der Waals surface area contributed by atoms with Crippen LogP contribution in [0.1, 0.15) is 32.1 Å². The number of aromatic nitrogens is 2. The van der Waals surface area contributed by atoms with Crippen molar-refractivity contribution < 1.29 is 23.9 Å². The number of esters is 1. The molecule has 0 spiro atoms. The SMILES string of the molecule is COc1ccccc1NC(=O)c1ccc(NC(=O)COC(=O)c2c(C)nn(-c3ccccc3)c2C)cc1. The van der Waals surface area contributed by atoms with E-state index >= 15 is 0 Å². The van der Waals surface area contributed by atoms with E-state index in [4.69, 9.17) is 9.47 Å². The maximum atomic E-state index is 12.7. The second-order valence-electron chi connectivity index (χ2n) is 8.15. The highest BCUT2D eigenvalue weighted by Crippen LogP contribution is 2.24. The fraction of sp³-hybridized carbons (Fsp3) is 0.143. The minimum absolute atomic E-state index is 0.321. The third kappa shape index (κ3) is 5.84. The first-order valence-electron chi connectivity index (χ1n) is 11.5. The molecule has 9 heteroatoms. The predicted octanol–water partition coefficient (Wildman–Crippen LogP) is 4.55. The van der Waals surface area contributed by atoms with Crippen LogP contribution in [0.4, 0.5) is 11.4 Å². The van der Waals surface area contributed by atoms with Crippen LogP contribution in [0.2, 0.25) is 0 Å². The summed E-state index contributed by atoms with van der Waals surface area (Å²) < 4.78 is 12.2. The van der Waals surface area contributed by atoms with Crippen LogP contribution in [0.15, 0.2) is 78.9 Å². The lowest BCUT2D eigenvalue weighted by Crippen LogP contribution is -2.21. The number of para-hydroxylation sites is 3. The van der Waals surface area contributed by atoms with Gasteiger partial charge in [-0.15, -0.1) is 0 Å². The van der Waals surface area contributed by atoms with E-state index in [9.17, 15) is 14.4 Å². The van der Waals surface area contributed by atoms with E-state index in [1.165, 1.54) is 7.11 Å². The average molecular weight is 499 g/mol. The van der Waals surface area contributed by atoms with Crippen LogP contribution in [0.5, 0.6) is 5.75 Å². The lowest BCUT2D eigenvalue weighted by Gasteiger charge is -2.10. The molecule has 4 rings (SSSR count). The Morgan fingerprint density at radius 3 is 2.24 bits per heavy atom. The zero-order valence-electron chi connectivity index (χ0n) is 20.6. The number of nitrogens with zero attached hydrogens (tertiary/aromatic N) is 2.